The van der Waals surface area contributed by atoms with Gasteiger partial charge in [0.25, 0.3) is 0 Å². The fraction of sp³-hybridized carbons (Fsp3) is 1.00. The molecular formula is C14H29NO2S. The minimum atomic E-state index is -2.75. The Morgan fingerprint density at radius 3 is 2.44 bits per heavy atom. The van der Waals surface area contributed by atoms with Gasteiger partial charge in [0.05, 0.1) is 11.5 Å². The van der Waals surface area contributed by atoms with E-state index in [1.165, 1.54) is 6.42 Å². The number of nitrogens with one attached hydrogen (secondary N) is 1. The van der Waals surface area contributed by atoms with Crippen LogP contribution in [0.15, 0.2) is 0 Å². The fourth-order valence-corrected chi connectivity index (χ4v) is 4.57. The van der Waals surface area contributed by atoms with E-state index in [4.69, 9.17) is 0 Å². The van der Waals surface area contributed by atoms with Crippen molar-refractivity contribution < 1.29 is 8.42 Å². The maximum atomic E-state index is 11.6. The Kier molecular flexibility index (Phi) is 5.66. The Morgan fingerprint density at radius 1 is 1.33 bits per heavy atom. The molecule has 1 fully saturated rings. The molecule has 3 nitrogen and oxygen atoms in total. The third-order valence-corrected chi connectivity index (χ3v) is 5.65. The second-order valence-electron chi connectivity index (χ2n) is 6.83. The van der Waals surface area contributed by atoms with Crippen LogP contribution in [-0.2, 0) is 9.84 Å². The van der Waals surface area contributed by atoms with Gasteiger partial charge in [0.1, 0.15) is 0 Å². The van der Waals surface area contributed by atoms with Crippen LogP contribution in [-0.4, -0.2) is 33.0 Å². The minimum Gasteiger partial charge on any atom is -0.317 e. The highest BCUT2D eigenvalue weighted by molar-refractivity contribution is 7.91. The van der Waals surface area contributed by atoms with Crippen molar-refractivity contribution in [1.29, 1.82) is 0 Å². The quantitative estimate of drug-likeness (QED) is 0.810. The molecule has 2 unspecified atom stereocenters. The van der Waals surface area contributed by atoms with Crippen LogP contribution in [0.4, 0.5) is 0 Å². The van der Waals surface area contributed by atoms with Crippen LogP contribution >= 0.6 is 0 Å². The molecular weight excluding hydrogens is 246 g/mol. The zero-order valence-corrected chi connectivity index (χ0v) is 13.1. The van der Waals surface area contributed by atoms with Gasteiger partial charge in [0.15, 0.2) is 9.84 Å². The summed E-state index contributed by atoms with van der Waals surface area (Å²) in [6.45, 7) is 10.8. The molecule has 1 heterocycles. The molecule has 18 heavy (non-hydrogen) atoms. The Bertz CT molecular complexity index is 343. The van der Waals surface area contributed by atoms with Crippen LogP contribution in [0.3, 0.4) is 0 Å². The van der Waals surface area contributed by atoms with E-state index in [0.717, 1.165) is 25.9 Å². The van der Waals surface area contributed by atoms with Gasteiger partial charge in [-0.2, -0.15) is 0 Å². The van der Waals surface area contributed by atoms with E-state index < -0.39 is 9.84 Å². The molecule has 0 aromatic heterocycles. The number of hydrogen-bond acceptors (Lipinski definition) is 3. The van der Waals surface area contributed by atoms with Gasteiger partial charge >= 0.3 is 0 Å². The second kappa shape index (κ2) is 6.38. The highest BCUT2D eigenvalue weighted by Crippen LogP contribution is 2.32. The number of sulfone groups is 1. The summed E-state index contributed by atoms with van der Waals surface area (Å²) in [5.74, 6) is 1.70. The normalized spacial score (nSPS) is 25.2. The van der Waals surface area contributed by atoms with E-state index in [0.29, 0.717) is 28.8 Å². The van der Waals surface area contributed by atoms with Gasteiger partial charge in [-0.05, 0) is 49.6 Å². The summed E-state index contributed by atoms with van der Waals surface area (Å²) in [5.41, 5.74) is 0.335. The molecule has 0 spiro atoms. The third-order valence-electron chi connectivity index (χ3n) is 3.86. The van der Waals surface area contributed by atoms with Gasteiger partial charge in [-0.1, -0.05) is 27.7 Å². The Labute approximate surface area is 113 Å². The number of rotatable bonds is 6. The second-order valence-corrected chi connectivity index (χ2v) is 9.06. The largest absolute Gasteiger partial charge is 0.317 e. The van der Waals surface area contributed by atoms with Crippen LogP contribution in [0.1, 0.15) is 47.0 Å². The van der Waals surface area contributed by atoms with Crippen molar-refractivity contribution in [3.05, 3.63) is 0 Å². The summed E-state index contributed by atoms with van der Waals surface area (Å²) in [6, 6.07) is 0. The molecule has 0 saturated carbocycles. The lowest BCUT2D eigenvalue weighted by Gasteiger charge is -2.27. The summed E-state index contributed by atoms with van der Waals surface area (Å²) in [5, 5.41) is 3.39. The predicted molar refractivity (Wildman–Crippen MR) is 77.5 cm³/mol. The average Bonchev–Trinajstić information content (AvgIpc) is 2.57. The van der Waals surface area contributed by atoms with Crippen molar-refractivity contribution in [3.8, 4) is 0 Å². The van der Waals surface area contributed by atoms with E-state index in [2.05, 4.69) is 33.0 Å². The topological polar surface area (TPSA) is 46.2 Å². The summed E-state index contributed by atoms with van der Waals surface area (Å²) in [4.78, 5) is 0. The molecule has 1 saturated heterocycles. The van der Waals surface area contributed by atoms with Crippen LogP contribution in [0.2, 0.25) is 0 Å². The summed E-state index contributed by atoms with van der Waals surface area (Å²) < 4.78 is 23.2. The van der Waals surface area contributed by atoms with E-state index in [9.17, 15) is 8.42 Å². The van der Waals surface area contributed by atoms with Crippen molar-refractivity contribution in [3.63, 3.8) is 0 Å². The first-order chi connectivity index (χ1) is 8.23. The van der Waals surface area contributed by atoms with Crippen LogP contribution < -0.4 is 5.32 Å². The lowest BCUT2D eigenvalue weighted by molar-refractivity contribution is 0.265. The van der Waals surface area contributed by atoms with Gasteiger partial charge < -0.3 is 5.32 Å². The predicted octanol–water partition coefficient (Wildman–Crippen LogP) is 2.47. The lowest BCUT2D eigenvalue weighted by Crippen LogP contribution is -2.30. The van der Waals surface area contributed by atoms with Crippen LogP contribution in [0, 0.1) is 17.3 Å². The first-order valence-electron chi connectivity index (χ1n) is 7.14. The average molecular weight is 275 g/mol. The van der Waals surface area contributed by atoms with Gasteiger partial charge in [0.2, 0.25) is 0 Å². The fourth-order valence-electron chi connectivity index (χ4n) is 2.65. The van der Waals surface area contributed by atoms with Crippen molar-refractivity contribution in [1.82, 2.24) is 5.32 Å². The van der Waals surface area contributed by atoms with Crippen molar-refractivity contribution in [2.24, 2.45) is 17.3 Å². The Morgan fingerprint density at radius 2 is 2.00 bits per heavy atom. The summed E-state index contributed by atoms with van der Waals surface area (Å²) in [7, 11) is -2.75. The van der Waals surface area contributed by atoms with Gasteiger partial charge in [-0.15, -0.1) is 0 Å². The standard InChI is InChI=1S/C14H29NO2S/c1-5-15-10-12(6-8-14(2,3)4)13-7-9-18(16,17)11-13/h12-13,15H,5-11H2,1-4H3. The molecule has 0 aromatic carbocycles. The summed E-state index contributed by atoms with van der Waals surface area (Å²) >= 11 is 0. The molecule has 0 radical (unpaired) electrons. The van der Waals surface area contributed by atoms with Gasteiger partial charge in [0, 0.05) is 0 Å². The smallest absolute Gasteiger partial charge is 0.150 e. The van der Waals surface area contributed by atoms with Gasteiger partial charge in [-0.25, -0.2) is 8.42 Å². The molecule has 0 aromatic rings. The third kappa shape index (κ3) is 5.70. The molecule has 0 amide bonds. The van der Waals surface area contributed by atoms with E-state index in [1.807, 2.05) is 0 Å². The summed E-state index contributed by atoms with van der Waals surface area (Å²) in [6.07, 6.45) is 3.17. The minimum absolute atomic E-state index is 0.335. The highest BCUT2D eigenvalue weighted by atomic mass is 32.2. The zero-order chi connectivity index (χ0) is 13.8. The molecule has 1 aliphatic heterocycles. The monoisotopic (exact) mass is 275 g/mol. The lowest BCUT2D eigenvalue weighted by atomic mass is 9.81. The zero-order valence-electron chi connectivity index (χ0n) is 12.3. The van der Waals surface area contributed by atoms with E-state index in [1.54, 1.807) is 0 Å². The Balaban J connectivity index is 2.55. The van der Waals surface area contributed by atoms with Gasteiger partial charge in [-0.3, -0.25) is 0 Å². The molecule has 1 aliphatic rings. The molecule has 0 aliphatic carbocycles. The van der Waals surface area contributed by atoms with E-state index >= 15 is 0 Å². The molecule has 0 bridgehead atoms. The Hall–Kier alpha value is -0.0900. The molecule has 2 atom stereocenters. The first-order valence-corrected chi connectivity index (χ1v) is 8.97. The highest BCUT2D eigenvalue weighted by Gasteiger charge is 2.33. The SMILES string of the molecule is CCNCC(CCC(C)(C)C)C1CCS(=O)(=O)C1. The van der Waals surface area contributed by atoms with Crippen LogP contribution in [0.5, 0.6) is 0 Å². The van der Waals surface area contributed by atoms with Crippen molar-refractivity contribution in [2.75, 3.05) is 24.6 Å². The van der Waals surface area contributed by atoms with Crippen molar-refractivity contribution in [2.45, 2.75) is 47.0 Å². The molecule has 4 heteroatoms. The van der Waals surface area contributed by atoms with Crippen molar-refractivity contribution >= 4 is 9.84 Å². The molecule has 108 valence electrons. The maximum absolute atomic E-state index is 11.6. The maximum Gasteiger partial charge on any atom is 0.150 e. The molecule has 1 N–H and O–H groups in total. The number of hydrogen-bond donors (Lipinski definition) is 1. The first kappa shape index (κ1) is 16.0. The van der Waals surface area contributed by atoms with Crippen LogP contribution in [0.25, 0.3) is 0 Å². The van der Waals surface area contributed by atoms with E-state index in [-0.39, 0.29) is 0 Å². The molecule has 1 rings (SSSR count).